The van der Waals surface area contributed by atoms with Gasteiger partial charge in [0.05, 0.1) is 10.5 Å². The highest BCUT2D eigenvalue weighted by Gasteiger charge is 2.13. The summed E-state index contributed by atoms with van der Waals surface area (Å²) in [5, 5.41) is 10.5. The van der Waals surface area contributed by atoms with Crippen LogP contribution in [0.1, 0.15) is 26.3 Å². The van der Waals surface area contributed by atoms with Crippen molar-refractivity contribution < 1.29 is 19.2 Å². The Morgan fingerprint density at radius 2 is 1.73 bits per heavy atom. The maximum Gasteiger partial charge on any atom is 0.338 e. The van der Waals surface area contributed by atoms with Gasteiger partial charge in [-0.05, 0) is 18.2 Å². The summed E-state index contributed by atoms with van der Waals surface area (Å²) in [6.07, 6.45) is 0. The van der Waals surface area contributed by atoms with Crippen molar-refractivity contribution in [2.75, 3.05) is 0 Å². The molecule has 0 radical (unpaired) electrons. The zero-order valence-corrected chi connectivity index (χ0v) is 11.4. The molecule has 0 aliphatic heterocycles. The molecular weight excluding hydrogens is 288 g/mol. The van der Waals surface area contributed by atoms with Crippen LogP contribution in [-0.4, -0.2) is 16.8 Å². The lowest BCUT2D eigenvalue weighted by Gasteiger charge is -2.08. The predicted molar refractivity (Wildman–Crippen MR) is 77.2 cm³/mol. The number of hydrogen-bond acceptors (Lipinski definition) is 5. The number of nitro benzene ring substituents is 1. The molecule has 0 saturated carbocycles. The fraction of sp³-hybridized carbons (Fsp3) is 0.0667. The zero-order chi connectivity index (χ0) is 16.1. The Labute approximate surface area is 125 Å². The number of amides is 1. The van der Waals surface area contributed by atoms with Crippen molar-refractivity contribution in [2.45, 2.75) is 6.61 Å². The van der Waals surface area contributed by atoms with E-state index in [4.69, 9.17) is 10.5 Å². The molecule has 7 nitrogen and oxygen atoms in total. The lowest BCUT2D eigenvalue weighted by Crippen LogP contribution is -2.15. The lowest BCUT2D eigenvalue weighted by molar-refractivity contribution is -0.384. The highest BCUT2D eigenvalue weighted by molar-refractivity contribution is 5.94. The van der Waals surface area contributed by atoms with Crippen molar-refractivity contribution in [3.05, 3.63) is 75.3 Å². The van der Waals surface area contributed by atoms with Gasteiger partial charge >= 0.3 is 5.97 Å². The Kier molecular flexibility index (Phi) is 4.47. The van der Waals surface area contributed by atoms with Gasteiger partial charge in [-0.3, -0.25) is 14.9 Å². The summed E-state index contributed by atoms with van der Waals surface area (Å²) < 4.78 is 5.09. The number of carbonyl (C=O) groups excluding carboxylic acids is 2. The van der Waals surface area contributed by atoms with Gasteiger partial charge in [0.1, 0.15) is 6.61 Å². The van der Waals surface area contributed by atoms with Gasteiger partial charge in [-0.25, -0.2) is 4.79 Å². The number of carbonyl (C=O) groups is 2. The fourth-order valence-corrected chi connectivity index (χ4v) is 1.83. The second-order valence-electron chi connectivity index (χ2n) is 4.40. The Balaban J connectivity index is 2.07. The van der Waals surface area contributed by atoms with E-state index in [0.29, 0.717) is 5.56 Å². The molecule has 0 heterocycles. The minimum atomic E-state index is -0.644. The molecule has 112 valence electrons. The Morgan fingerprint density at radius 1 is 1.09 bits per heavy atom. The van der Waals surface area contributed by atoms with Gasteiger partial charge in [-0.15, -0.1) is 0 Å². The second-order valence-corrected chi connectivity index (χ2v) is 4.40. The molecule has 2 aromatic carbocycles. The van der Waals surface area contributed by atoms with Crippen molar-refractivity contribution in [1.82, 2.24) is 0 Å². The second kappa shape index (κ2) is 6.49. The Hall–Kier alpha value is -3.22. The first-order valence-electron chi connectivity index (χ1n) is 6.28. The van der Waals surface area contributed by atoms with Crippen LogP contribution in [0.15, 0.2) is 48.5 Å². The SMILES string of the molecule is NC(=O)c1ccccc1COC(=O)c1ccc([N+](=O)[O-])cc1. The topological polar surface area (TPSA) is 113 Å². The summed E-state index contributed by atoms with van der Waals surface area (Å²) >= 11 is 0. The maximum absolute atomic E-state index is 11.9. The number of esters is 1. The van der Waals surface area contributed by atoms with Crippen LogP contribution in [0.25, 0.3) is 0 Å². The largest absolute Gasteiger partial charge is 0.457 e. The molecule has 7 heteroatoms. The van der Waals surface area contributed by atoms with Gasteiger partial charge in [0.25, 0.3) is 5.69 Å². The molecule has 2 N–H and O–H groups in total. The molecule has 0 saturated heterocycles. The quantitative estimate of drug-likeness (QED) is 0.516. The molecule has 0 aromatic heterocycles. The van der Waals surface area contributed by atoms with E-state index in [1.54, 1.807) is 18.2 Å². The van der Waals surface area contributed by atoms with E-state index in [1.807, 2.05) is 0 Å². The van der Waals surface area contributed by atoms with Crippen LogP contribution < -0.4 is 5.73 Å². The number of ether oxygens (including phenoxy) is 1. The first-order chi connectivity index (χ1) is 10.5. The summed E-state index contributed by atoms with van der Waals surface area (Å²) in [6, 6.07) is 11.6. The summed E-state index contributed by atoms with van der Waals surface area (Å²) in [5.74, 6) is -1.25. The molecule has 2 rings (SSSR count). The van der Waals surface area contributed by atoms with E-state index in [1.165, 1.54) is 30.3 Å². The molecule has 0 bridgehead atoms. The van der Waals surface area contributed by atoms with Gasteiger partial charge in [-0.2, -0.15) is 0 Å². The minimum Gasteiger partial charge on any atom is -0.457 e. The average molecular weight is 300 g/mol. The standard InChI is InChI=1S/C15H12N2O5/c16-14(18)13-4-2-1-3-11(13)9-22-15(19)10-5-7-12(8-6-10)17(20)21/h1-8H,9H2,(H2,16,18). The van der Waals surface area contributed by atoms with Gasteiger partial charge < -0.3 is 10.5 Å². The van der Waals surface area contributed by atoms with E-state index >= 15 is 0 Å². The molecule has 0 unspecified atom stereocenters. The highest BCUT2D eigenvalue weighted by atomic mass is 16.6. The third-order valence-electron chi connectivity index (χ3n) is 2.96. The van der Waals surface area contributed by atoms with Crippen LogP contribution in [0.2, 0.25) is 0 Å². The van der Waals surface area contributed by atoms with E-state index in [2.05, 4.69) is 0 Å². The fourth-order valence-electron chi connectivity index (χ4n) is 1.83. The third-order valence-corrected chi connectivity index (χ3v) is 2.96. The molecule has 1 amide bonds. The van der Waals surface area contributed by atoms with E-state index in [0.717, 1.165) is 0 Å². The van der Waals surface area contributed by atoms with E-state index in [9.17, 15) is 19.7 Å². The number of hydrogen-bond donors (Lipinski definition) is 1. The van der Waals surface area contributed by atoms with Crippen molar-refractivity contribution in [3.63, 3.8) is 0 Å². The van der Waals surface area contributed by atoms with Crippen LogP contribution in [-0.2, 0) is 11.3 Å². The molecule has 22 heavy (non-hydrogen) atoms. The molecular formula is C15H12N2O5. The predicted octanol–water partition coefficient (Wildman–Crippen LogP) is 2.05. The number of benzene rings is 2. The van der Waals surface area contributed by atoms with Crippen LogP contribution in [0.5, 0.6) is 0 Å². The number of rotatable bonds is 5. The lowest BCUT2D eigenvalue weighted by atomic mass is 10.1. The number of nitrogens with two attached hydrogens (primary N) is 1. The summed E-state index contributed by atoms with van der Waals surface area (Å²) in [7, 11) is 0. The smallest absolute Gasteiger partial charge is 0.338 e. The van der Waals surface area contributed by atoms with E-state index < -0.39 is 16.8 Å². The average Bonchev–Trinajstić information content (AvgIpc) is 2.52. The molecule has 0 fully saturated rings. The van der Waals surface area contributed by atoms with E-state index in [-0.39, 0.29) is 23.4 Å². The van der Waals surface area contributed by atoms with Crippen LogP contribution in [0.3, 0.4) is 0 Å². The third kappa shape index (κ3) is 3.45. The number of primary amides is 1. The molecule has 0 aliphatic carbocycles. The van der Waals surface area contributed by atoms with Gasteiger partial charge in [-0.1, -0.05) is 18.2 Å². The first-order valence-corrected chi connectivity index (χ1v) is 6.28. The van der Waals surface area contributed by atoms with Crippen LogP contribution in [0, 0.1) is 10.1 Å². The van der Waals surface area contributed by atoms with Crippen molar-refractivity contribution in [1.29, 1.82) is 0 Å². The van der Waals surface area contributed by atoms with Crippen molar-refractivity contribution in [2.24, 2.45) is 5.73 Å². The van der Waals surface area contributed by atoms with Crippen LogP contribution >= 0.6 is 0 Å². The minimum absolute atomic E-state index is 0.115. The highest BCUT2D eigenvalue weighted by Crippen LogP contribution is 2.14. The summed E-state index contributed by atoms with van der Waals surface area (Å²) in [5.41, 5.74) is 6.07. The van der Waals surface area contributed by atoms with Crippen LogP contribution in [0.4, 0.5) is 5.69 Å². The summed E-state index contributed by atoms with van der Waals surface area (Å²) in [6.45, 7) is -0.116. The number of nitrogens with zero attached hydrogens (tertiary/aromatic N) is 1. The summed E-state index contributed by atoms with van der Waals surface area (Å²) in [4.78, 5) is 33.1. The van der Waals surface area contributed by atoms with Gasteiger partial charge in [0, 0.05) is 23.3 Å². The number of non-ortho nitro benzene ring substituents is 1. The first kappa shape index (κ1) is 15.2. The Bertz CT molecular complexity index is 725. The molecule has 2 aromatic rings. The number of nitro groups is 1. The van der Waals surface area contributed by atoms with Crippen molar-refractivity contribution in [3.8, 4) is 0 Å². The zero-order valence-electron chi connectivity index (χ0n) is 11.4. The monoisotopic (exact) mass is 300 g/mol. The molecule has 0 atom stereocenters. The maximum atomic E-state index is 11.9. The van der Waals surface area contributed by atoms with Gasteiger partial charge in [0.2, 0.25) is 5.91 Å². The normalized spacial score (nSPS) is 10.0. The van der Waals surface area contributed by atoms with Crippen molar-refractivity contribution >= 4 is 17.6 Å². The Morgan fingerprint density at radius 3 is 2.32 bits per heavy atom. The molecule has 0 aliphatic rings. The molecule has 0 spiro atoms. The van der Waals surface area contributed by atoms with Gasteiger partial charge in [0.15, 0.2) is 0 Å².